The SMILES string of the molecule is O=C(COc1ccc([N+](=O)[O-])cc1)NCC(O)c1cccc(F)c1. The van der Waals surface area contributed by atoms with Crippen LogP contribution in [0.2, 0.25) is 0 Å². The molecule has 0 saturated heterocycles. The van der Waals surface area contributed by atoms with Crippen molar-refractivity contribution in [3.63, 3.8) is 0 Å². The third-order valence-corrected chi connectivity index (χ3v) is 3.14. The van der Waals surface area contributed by atoms with Crippen molar-refractivity contribution in [3.8, 4) is 5.75 Å². The van der Waals surface area contributed by atoms with Gasteiger partial charge in [0.15, 0.2) is 6.61 Å². The maximum absolute atomic E-state index is 13.1. The summed E-state index contributed by atoms with van der Waals surface area (Å²) in [6.07, 6.45) is -1.04. The van der Waals surface area contributed by atoms with Gasteiger partial charge < -0.3 is 15.2 Å². The van der Waals surface area contributed by atoms with E-state index in [4.69, 9.17) is 4.74 Å². The average molecular weight is 334 g/mol. The molecule has 0 aliphatic carbocycles. The molecule has 2 N–H and O–H groups in total. The van der Waals surface area contributed by atoms with Gasteiger partial charge in [-0.15, -0.1) is 0 Å². The monoisotopic (exact) mass is 334 g/mol. The predicted molar refractivity (Wildman–Crippen MR) is 83.0 cm³/mol. The van der Waals surface area contributed by atoms with Crippen LogP contribution >= 0.6 is 0 Å². The number of non-ortho nitro benzene ring substituents is 1. The number of benzene rings is 2. The van der Waals surface area contributed by atoms with Gasteiger partial charge in [-0.1, -0.05) is 12.1 Å². The zero-order valence-electron chi connectivity index (χ0n) is 12.5. The fraction of sp³-hybridized carbons (Fsp3) is 0.188. The third kappa shape index (κ3) is 5.03. The predicted octanol–water partition coefficient (Wildman–Crippen LogP) is 1.96. The van der Waals surface area contributed by atoms with Gasteiger partial charge in [-0.25, -0.2) is 4.39 Å². The Morgan fingerprint density at radius 2 is 2.00 bits per heavy atom. The van der Waals surface area contributed by atoms with Gasteiger partial charge in [0.05, 0.1) is 11.0 Å². The van der Waals surface area contributed by atoms with E-state index in [2.05, 4.69) is 5.32 Å². The first-order chi connectivity index (χ1) is 11.5. The fourth-order valence-corrected chi connectivity index (χ4v) is 1.91. The minimum atomic E-state index is -1.04. The van der Waals surface area contributed by atoms with Gasteiger partial charge in [-0.3, -0.25) is 14.9 Å². The summed E-state index contributed by atoms with van der Waals surface area (Å²) in [6.45, 7) is -0.403. The number of ether oxygens (including phenoxy) is 1. The summed E-state index contributed by atoms with van der Waals surface area (Å²) in [7, 11) is 0. The summed E-state index contributed by atoms with van der Waals surface area (Å²) in [6, 6.07) is 10.7. The van der Waals surface area contributed by atoms with E-state index in [0.29, 0.717) is 11.3 Å². The second kappa shape index (κ2) is 8.02. The van der Waals surface area contributed by atoms with Crippen LogP contribution in [0.1, 0.15) is 11.7 Å². The first-order valence-electron chi connectivity index (χ1n) is 7.03. The zero-order valence-corrected chi connectivity index (χ0v) is 12.5. The molecule has 0 heterocycles. The number of carbonyl (C=O) groups is 1. The largest absolute Gasteiger partial charge is 0.484 e. The van der Waals surface area contributed by atoms with Gasteiger partial charge in [0.2, 0.25) is 0 Å². The lowest BCUT2D eigenvalue weighted by Crippen LogP contribution is -2.32. The van der Waals surface area contributed by atoms with E-state index in [-0.39, 0.29) is 18.8 Å². The van der Waals surface area contributed by atoms with E-state index in [1.807, 2.05) is 0 Å². The van der Waals surface area contributed by atoms with Gasteiger partial charge in [0, 0.05) is 18.7 Å². The molecule has 1 unspecified atom stereocenters. The standard InChI is InChI=1S/C16H15FN2O5/c17-12-3-1-2-11(8-12)15(20)9-18-16(21)10-24-14-6-4-13(5-7-14)19(22)23/h1-8,15,20H,9-10H2,(H,18,21). The van der Waals surface area contributed by atoms with E-state index < -0.39 is 22.8 Å². The highest BCUT2D eigenvalue weighted by Gasteiger charge is 2.11. The fourth-order valence-electron chi connectivity index (χ4n) is 1.91. The Labute approximate surface area is 136 Å². The molecular weight excluding hydrogens is 319 g/mol. The number of aliphatic hydroxyl groups excluding tert-OH is 1. The molecule has 0 saturated carbocycles. The van der Waals surface area contributed by atoms with Crippen LogP contribution in [0.3, 0.4) is 0 Å². The van der Waals surface area contributed by atoms with Gasteiger partial charge in [-0.2, -0.15) is 0 Å². The Morgan fingerprint density at radius 1 is 1.29 bits per heavy atom. The van der Waals surface area contributed by atoms with Crippen molar-refractivity contribution < 1.29 is 24.0 Å². The van der Waals surface area contributed by atoms with E-state index in [0.717, 1.165) is 0 Å². The van der Waals surface area contributed by atoms with Crippen molar-refractivity contribution >= 4 is 11.6 Å². The summed E-state index contributed by atoms with van der Waals surface area (Å²) >= 11 is 0. The summed E-state index contributed by atoms with van der Waals surface area (Å²) in [5, 5.41) is 22.9. The molecule has 7 nitrogen and oxygen atoms in total. The summed E-state index contributed by atoms with van der Waals surface area (Å²) in [4.78, 5) is 21.6. The molecule has 8 heteroatoms. The van der Waals surface area contributed by atoms with Crippen molar-refractivity contribution in [2.45, 2.75) is 6.10 Å². The lowest BCUT2D eigenvalue weighted by molar-refractivity contribution is -0.384. The summed E-state index contributed by atoms with van der Waals surface area (Å²) in [5.74, 6) is -0.649. The molecule has 0 radical (unpaired) electrons. The van der Waals surface area contributed by atoms with Crippen molar-refractivity contribution in [3.05, 3.63) is 70.0 Å². The molecule has 1 amide bonds. The minimum Gasteiger partial charge on any atom is -0.484 e. The van der Waals surface area contributed by atoms with Gasteiger partial charge in [-0.05, 0) is 29.8 Å². The number of nitro benzene ring substituents is 1. The number of hydrogen-bond acceptors (Lipinski definition) is 5. The molecule has 126 valence electrons. The molecular formula is C16H15FN2O5. The van der Waals surface area contributed by atoms with Crippen molar-refractivity contribution in [1.82, 2.24) is 5.32 Å². The highest BCUT2D eigenvalue weighted by Crippen LogP contribution is 2.17. The highest BCUT2D eigenvalue weighted by molar-refractivity contribution is 5.77. The molecule has 2 aromatic carbocycles. The maximum atomic E-state index is 13.1. The van der Waals surface area contributed by atoms with Crippen LogP contribution < -0.4 is 10.1 Å². The average Bonchev–Trinajstić information content (AvgIpc) is 2.58. The summed E-state index contributed by atoms with van der Waals surface area (Å²) < 4.78 is 18.2. The number of carbonyl (C=O) groups excluding carboxylic acids is 1. The second-order valence-corrected chi connectivity index (χ2v) is 4.91. The van der Waals surface area contributed by atoms with Crippen LogP contribution in [-0.4, -0.2) is 29.1 Å². The number of aliphatic hydroxyl groups is 1. The lowest BCUT2D eigenvalue weighted by Gasteiger charge is -2.12. The van der Waals surface area contributed by atoms with Crippen molar-refractivity contribution in [2.24, 2.45) is 0 Å². The zero-order chi connectivity index (χ0) is 17.5. The van der Waals surface area contributed by atoms with E-state index in [1.54, 1.807) is 6.07 Å². The molecule has 0 aromatic heterocycles. The van der Waals surface area contributed by atoms with Crippen LogP contribution in [0.25, 0.3) is 0 Å². The molecule has 0 aliphatic heterocycles. The topological polar surface area (TPSA) is 102 Å². The number of nitrogens with zero attached hydrogens (tertiary/aromatic N) is 1. The number of nitrogens with one attached hydrogen (secondary N) is 1. The molecule has 0 bridgehead atoms. The highest BCUT2D eigenvalue weighted by atomic mass is 19.1. The van der Waals surface area contributed by atoms with E-state index >= 15 is 0 Å². The van der Waals surface area contributed by atoms with Crippen LogP contribution in [-0.2, 0) is 4.79 Å². The van der Waals surface area contributed by atoms with E-state index in [1.165, 1.54) is 42.5 Å². The maximum Gasteiger partial charge on any atom is 0.269 e. The Morgan fingerprint density at radius 3 is 2.62 bits per heavy atom. The first kappa shape index (κ1) is 17.4. The molecule has 0 fully saturated rings. The van der Waals surface area contributed by atoms with Gasteiger partial charge >= 0.3 is 0 Å². The molecule has 0 aliphatic rings. The van der Waals surface area contributed by atoms with Crippen LogP contribution in [0.5, 0.6) is 5.75 Å². The van der Waals surface area contributed by atoms with Crippen LogP contribution in [0, 0.1) is 15.9 Å². The Bertz CT molecular complexity index is 721. The molecule has 2 aromatic rings. The number of halogens is 1. The Balaban J connectivity index is 1.78. The molecule has 2 rings (SSSR count). The molecule has 24 heavy (non-hydrogen) atoms. The van der Waals surface area contributed by atoms with E-state index in [9.17, 15) is 24.4 Å². The Kier molecular flexibility index (Phi) is 5.80. The van der Waals surface area contributed by atoms with Crippen molar-refractivity contribution in [1.29, 1.82) is 0 Å². The number of hydrogen-bond donors (Lipinski definition) is 2. The van der Waals surface area contributed by atoms with Gasteiger partial charge in [0.25, 0.3) is 11.6 Å². The van der Waals surface area contributed by atoms with Crippen molar-refractivity contribution in [2.75, 3.05) is 13.2 Å². The molecule has 0 spiro atoms. The quantitative estimate of drug-likeness (QED) is 0.595. The van der Waals surface area contributed by atoms with Gasteiger partial charge in [0.1, 0.15) is 11.6 Å². The first-order valence-corrected chi connectivity index (χ1v) is 7.03. The summed E-state index contributed by atoms with van der Waals surface area (Å²) in [5.41, 5.74) is 0.275. The molecule has 1 atom stereocenters. The van der Waals surface area contributed by atoms with Crippen LogP contribution in [0.15, 0.2) is 48.5 Å². The van der Waals surface area contributed by atoms with Crippen LogP contribution in [0.4, 0.5) is 10.1 Å². The third-order valence-electron chi connectivity index (χ3n) is 3.14. The second-order valence-electron chi connectivity index (χ2n) is 4.91. The number of nitro groups is 1. The normalized spacial score (nSPS) is 11.6. The Hall–Kier alpha value is -3.00. The number of amides is 1. The lowest BCUT2D eigenvalue weighted by atomic mass is 10.1. The minimum absolute atomic E-state index is 0.0787. The smallest absolute Gasteiger partial charge is 0.269 e. The number of rotatable bonds is 7.